The van der Waals surface area contributed by atoms with E-state index in [4.69, 9.17) is 5.73 Å². The molecule has 86 valence electrons. The average Bonchev–Trinajstić information content (AvgIpc) is 2.24. The van der Waals surface area contributed by atoms with Gasteiger partial charge in [0.15, 0.2) is 0 Å². The minimum atomic E-state index is -0.610. The molecule has 16 heavy (non-hydrogen) atoms. The van der Waals surface area contributed by atoms with Gasteiger partial charge in [-0.1, -0.05) is 34.1 Å². The van der Waals surface area contributed by atoms with Gasteiger partial charge in [-0.2, -0.15) is 0 Å². The normalized spacial score (nSPS) is 17.6. The van der Waals surface area contributed by atoms with Crippen molar-refractivity contribution < 1.29 is 4.79 Å². The molecule has 2 rings (SSSR count). The Balaban J connectivity index is 1.93. The van der Waals surface area contributed by atoms with E-state index in [0.29, 0.717) is 6.54 Å². The van der Waals surface area contributed by atoms with Crippen LogP contribution in [0.3, 0.4) is 0 Å². The number of hydrogen-bond donors (Lipinski definition) is 2. The smallest absolute Gasteiger partial charge is 0.240 e. The third kappa shape index (κ3) is 2.28. The Labute approximate surface area is 104 Å². The molecule has 0 spiro atoms. The van der Waals surface area contributed by atoms with E-state index in [9.17, 15) is 4.79 Å². The Kier molecular flexibility index (Phi) is 3.30. The van der Waals surface area contributed by atoms with Gasteiger partial charge in [-0.25, -0.2) is 0 Å². The summed E-state index contributed by atoms with van der Waals surface area (Å²) in [6.07, 6.45) is 2.66. The second-order valence-corrected chi connectivity index (χ2v) is 5.14. The predicted octanol–water partition coefficient (Wildman–Crippen LogP) is 1.95. The Morgan fingerprint density at radius 3 is 2.69 bits per heavy atom. The molecule has 0 aromatic heterocycles. The highest BCUT2D eigenvalue weighted by atomic mass is 79.9. The van der Waals surface area contributed by atoms with Gasteiger partial charge in [0.2, 0.25) is 5.91 Å². The maximum Gasteiger partial charge on any atom is 0.240 e. The fraction of sp³-hybridized carbons (Fsp3) is 0.417. The first-order valence-corrected chi connectivity index (χ1v) is 6.22. The van der Waals surface area contributed by atoms with Crippen LogP contribution in [-0.4, -0.2) is 11.4 Å². The molecule has 1 amide bonds. The van der Waals surface area contributed by atoms with Gasteiger partial charge in [0.05, 0.1) is 5.54 Å². The summed E-state index contributed by atoms with van der Waals surface area (Å²) in [6.45, 7) is 0.527. The number of benzene rings is 1. The largest absolute Gasteiger partial charge is 0.350 e. The molecule has 4 heteroatoms. The summed E-state index contributed by atoms with van der Waals surface area (Å²) < 4.78 is 1.01. The summed E-state index contributed by atoms with van der Waals surface area (Å²) in [5.41, 5.74) is 6.38. The molecule has 0 bridgehead atoms. The third-order valence-electron chi connectivity index (χ3n) is 3.10. The van der Waals surface area contributed by atoms with E-state index in [1.165, 1.54) is 0 Å². The number of carbonyl (C=O) groups excluding carboxylic acids is 1. The quantitative estimate of drug-likeness (QED) is 0.890. The molecule has 1 aliphatic carbocycles. The highest BCUT2D eigenvalue weighted by Gasteiger charge is 2.39. The van der Waals surface area contributed by atoms with Gasteiger partial charge in [-0.15, -0.1) is 0 Å². The lowest BCUT2D eigenvalue weighted by Gasteiger charge is -2.36. The van der Waals surface area contributed by atoms with E-state index in [1.54, 1.807) is 0 Å². The molecule has 0 aliphatic heterocycles. The van der Waals surface area contributed by atoms with Gasteiger partial charge >= 0.3 is 0 Å². The van der Waals surface area contributed by atoms with E-state index in [2.05, 4.69) is 21.2 Å². The molecular weight excluding hydrogens is 268 g/mol. The minimum absolute atomic E-state index is 0.0329. The summed E-state index contributed by atoms with van der Waals surface area (Å²) >= 11 is 3.45. The Bertz CT molecular complexity index is 402. The third-order valence-corrected chi connectivity index (χ3v) is 3.87. The van der Waals surface area contributed by atoms with Gasteiger partial charge in [0, 0.05) is 11.0 Å². The highest BCUT2D eigenvalue weighted by Crippen LogP contribution is 2.29. The molecule has 1 aromatic rings. The van der Waals surface area contributed by atoms with Crippen molar-refractivity contribution >= 4 is 21.8 Å². The van der Waals surface area contributed by atoms with Crippen LogP contribution in [0.1, 0.15) is 24.8 Å². The number of carbonyl (C=O) groups is 1. The lowest BCUT2D eigenvalue weighted by atomic mass is 9.77. The molecule has 3 nitrogen and oxygen atoms in total. The van der Waals surface area contributed by atoms with Crippen molar-refractivity contribution in [2.24, 2.45) is 5.73 Å². The number of rotatable bonds is 3. The monoisotopic (exact) mass is 282 g/mol. The summed E-state index contributed by atoms with van der Waals surface area (Å²) in [5.74, 6) is -0.0329. The standard InChI is InChI=1S/C12H15BrN2O/c13-10-5-2-1-4-9(10)8-15-11(16)12(14)6-3-7-12/h1-2,4-5H,3,6-8,14H2,(H,15,16). The second kappa shape index (κ2) is 4.55. The molecule has 1 saturated carbocycles. The number of hydrogen-bond acceptors (Lipinski definition) is 2. The Morgan fingerprint density at radius 2 is 2.12 bits per heavy atom. The van der Waals surface area contributed by atoms with Crippen LogP contribution in [0.25, 0.3) is 0 Å². The van der Waals surface area contributed by atoms with Crippen molar-refractivity contribution in [3.05, 3.63) is 34.3 Å². The lowest BCUT2D eigenvalue weighted by Crippen LogP contribution is -2.58. The molecule has 0 unspecified atom stereocenters. The van der Waals surface area contributed by atoms with Crippen LogP contribution < -0.4 is 11.1 Å². The SMILES string of the molecule is NC1(C(=O)NCc2ccccc2Br)CCC1. The first-order chi connectivity index (χ1) is 7.62. The number of halogens is 1. The first kappa shape index (κ1) is 11.6. The molecule has 0 radical (unpaired) electrons. The second-order valence-electron chi connectivity index (χ2n) is 4.28. The lowest BCUT2D eigenvalue weighted by molar-refractivity contribution is -0.129. The van der Waals surface area contributed by atoms with Gasteiger partial charge in [-0.3, -0.25) is 4.79 Å². The van der Waals surface area contributed by atoms with Gasteiger partial charge in [-0.05, 0) is 30.9 Å². The van der Waals surface area contributed by atoms with E-state index >= 15 is 0 Å². The van der Waals surface area contributed by atoms with Gasteiger partial charge in [0.25, 0.3) is 0 Å². The molecule has 0 heterocycles. The number of nitrogens with two attached hydrogens (primary N) is 1. The summed E-state index contributed by atoms with van der Waals surface area (Å²) in [4.78, 5) is 11.8. The maximum atomic E-state index is 11.8. The van der Waals surface area contributed by atoms with Crippen LogP contribution in [0.2, 0.25) is 0 Å². The van der Waals surface area contributed by atoms with Crippen LogP contribution in [0.15, 0.2) is 28.7 Å². The van der Waals surface area contributed by atoms with Crippen molar-refractivity contribution in [2.45, 2.75) is 31.3 Å². The number of nitrogens with one attached hydrogen (secondary N) is 1. The summed E-state index contributed by atoms with van der Waals surface area (Å²) in [6, 6.07) is 7.84. The van der Waals surface area contributed by atoms with Crippen LogP contribution in [0, 0.1) is 0 Å². The molecule has 0 atom stereocenters. The number of amides is 1. The van der Waals surface area contributed by atoms with Crippen molar-refractivity contribution in [2.75, 3.05) is 0 Å². The van der Waals surface area contributed by atoms with Crippen molar-refractivity contribution in [1.29, 1.82) is 0 Å². The zero-order valence-corrected chi connectivity index (χ0v) is 10.6. The zero-order chi connectivity index (χ0) is 11.6. The molecule has 1 aromatic carbocycles. The highest BCUT2D eigenvalue weighted by molar-refractivity contribution is 9.10. The summed E-state index contributed by atoms with van der Waals surface area (Å²) in [5, 5.41) is 2.89. The molecule has 1 aliphatic rings. The van der Waals surface area contributed by atoms with Crippen LogP contribution in [0.4, 0.5) is 0 Å². The molecule has 0 saturated heterocycles. The van der Waals surface area contributed by atoms with Gasteiger partial charge in [0.1, 0.15) is 0 Å². The van der Waals surface area contributed by atoms with E-state index in [1.807, 2.05) is 24.3 Å². The zero-order valence-electron chi connectivity index (χ0n) is 9.00. The Morgan fingerprint density at radius 1 is 1.44 bits per heavy atom. The van der Waals surface area contributed by atoms with Crippen molar-refractivity contribution in [1.82, 2.24) is 5.32 Å². The van der Waals surface area contributed by atoms with Crippen molar-refractivity contribution in [3.63, 3.8) is 0 Å². The maximum absolute atomic E-state index is 11.8. The van der Waals surface area contributed by atoms with E-state index in [0.717, 1.165) is 29.3 Å². The van der Waals surface area contributed by atoms with Gasteiger partial charge < -0.3 is 11.1 Å². The average molecular weight is 283 g/mol. The first-order valence-electron chi connectivity index (χ1n) is 5.42. The summed E-state index contributed by atoms with van der Waals surface area (Å²) in [7, 11) is 0. The molecule has 1 fully saturated rings. The molecule has 3 N–H and O–H groups in total. The van der Waals surface area contributed by atoms with Crippen LogP contribution in [0.5, 0.6) is 0 Å². The Hall–Kier alpha value is -0.870. The minimum Gasteiger partial charge on any atom is -0.350 e. The van der Waals surface area contributed by atoms with E-state index in [-0.39, 0.29) is 5.91 Å². The topological polar surface area (TPSA) is 55.1 Å². The fourth-order valence-electron chi connectivity index (χ4n) is 1.78. The molecular formula is C12H15BrN2O. The van der Waals surface area contributed by atoms with Crippen LogP contribution in [-0.2, 0) is 11.3 Å². The predicted molar refractivity (Wildman–Crippen MR) is 66.8 cm³/mol. The fourth-order valence-corrected chi connectivity index (χ4v) is 2.20. The van der Waals surface area contributed by atoms with Crippen LogP contribution >= 0.6 is 15.9 Å². The van der Waals surface area contributed by atoms with Crippen molar-refractivity contribution in [3.8, 4) is 0 Å². The van der Waals surface area contributed by atoms with E-state index < -0.39 is 5.54 Å².